The molecule has 0 aliphatic carbocycles. The molecule has 0 spiro atoms. The van der Waals surface area contributed by atoms with Crippen LogP contribution in [0.15, 0.2) is 18.2 Å². The third-order valence-electron chi connectivity index (χ3n) is 1.61. The summed E-state index contributed by atoms with van der Waals surface area (Å²) in [5.74, 6) is 0. The van der Waals surface area contributed by atoms with Crippen molar-refractivity contribution in [2.24, 2.45) is 0 Å². The summed E-state index contributed by atoms with van der Waals surface area (Å²) in [5, 5.41) is 0. The molecule has 1 heterocycles. The Bertz CT molecular complexity index is 436. The van der Waals surface area contributed by atoms with Gasteiger partial charge < -0.3 is 4.98 Å². The summed E-state index contributed by atoms with van der Waals surface area (Å²) in [7, 11) is 0. The van der Waals surface area contributed by atoms with Crippen LogP contribution < -0.4 is 0 Å². The number of nitrogens with zero attached hydrogens (tertiary/aromatic N) is 1. The monoisotopic (exact) mass is 164 g/mol. The fraction of sp³-hybridized carbons (Fsp3) is 0. The molecule has 0 aliphatic heterocycles. The van der Waals surface area contributed by atoms with E-state index in [9.17, 15) is 9.18 Å². The highest BCUT2D eigenvalue weighted by Crippen LogP contribution is 2.11. The van der Waals surface area contributed by atoms with Crippen molar-refractivity contribution in [3.05, 3.63) is 29.8 Å². The zero-order valence-electron chi connectivity index (χ0n) is 6.04. The van der Waals surface area contributed by atoms with Gasteiger partial charge in [0.2, 0.25) is 0 Å². The molecule has 12 heavy (non-hydrogen) atoms. The standard InChI is InChI=1S/C8H5FN2O/c9-8-10-6-2-1-5(4-12)3-7(6)11-8/h1-4H,(H,10,11). The van der Waals surface area contributed by atoms with E-state index < -0.39 is 6.08 Å². The first-order valence-electron chi connectivity index (χ1n) is 3.40. The molecule has 3 nitrogen and oxygen atoms in total. The third-order valence-corrected chi connectivity index (χ3v) is 1.61. The lowest BCUT2D eigenvalue weighted by Gasteiger charge is -1.88. The number of hydrogen-bond acceptors (Lipinski definition) is 2. The fourth-order valence-corrected chi connectivity index (χ4v) is 1.07. The first-order valence-corrected chi connectivity index (χ1v) is 3.40. The van der Waals surface area contributed by atoms with Crippen LogP contribution in [0, 0.1) is 6.08 Å². The minimum Gasteiger partial charge on any atom is -0.314 e. The van der Waals surface area contributed by atoms with E-state index in [1.807, 2.05) is 0 Å². The van der Waals surface area contributed by atoms with Crippen molar-refractivity contribution in [1.29, 1.82) is 0 Å². The number of benzene rings is 1. The van der Waals surface area contributed by atoms with Gasteiger partial charge in [0.25, 0.3) is 6.08 Å². The Morgan fingerprint density at radius 3 is 3.08 bits per heavy atom. The number of carbonyl (C=O) groups is 1. The topological polar surface area (TPSA) is 45.8 Å². The van der Waals surface area contributed by atoms with Crippen molar-refractivity contribution in [3.63, 3.8) is 0 Å². The van der Waals surface area contributed by atoms with Gasteiger partial charge >= 0.3 is 0 Å². The van der Waals surface area contributed by atoms with Crippen molar-refractivity contribution < 1.29 is 9.18 Å². The van der Waals surface area contributed by atoms with Gasteiger partial charge in [-0.1, -0.05) is 0 Å². The van der Waals surface area contributed by atoms with Gasteiger partial charge in [-0.25, -0.2) is 4.98 Å². The summed E-state index contributed by atoms with van der Waals surface area (Å²) in [6, 6.07) is 4.74. The van der Waals surface area contributed by atoms with Crippen molar-refractivity contribution in [3.8, 4) is 0 Å². The number of carbonyl (C=O) groups excluding carboxylic acids is 1. The minimum absolute atomic E-state index is 0.506. The Hall–Kier alpha value is -1.71. The molecule has 0 saturated carbocycles. The van der Waals surface area contributed by atoms with Gasteiger partial charge in [0.15, 0.2) is 0 Å². The fourth-order valence-electron chi connectivity index (χ4n) is 1.07. The molecule has 60 valence electrons. The zero-order chi connectivity index (χ0) is 8.55. The minimum atomic E-state index is -0.631. The smallest absolute Gasteiger partial charge is 0.287 e. The lowest BCUT2D eigenvalue weighted by Crippen LogP contribution is -1.77. The van der Waals surface area contributed by atoms with Crippen LogP contribution >= 0.6 is 0 Å². The summed E-state index contributed by atoms with van der Waals surface area (Å²) in [4.78, 5) is 16.3. The first-order chi connectivity index (χ1) is 5.79. The van der Waals surface area contributed by atoms with Crippen molar-refractivity contribution in [2.75, 3.05) is 0 Å². The van der Waals surface area contributed by atoms with E-state index in [-0.39, 0.29) is 0 Å². The number of aromatic amines is 1. The second-order valence-corrected chi connectivity index (χ2v) is 2.42. The molecule has 0 saturated heterocycles. The van der Waals surface area contributed by atoms with E-state index >= 15 is 0 Å². The van der Waals surface area contributed by atoms with Crippen molar-refractivity contribution >= 4 is 17.3 Å². The number of hydrogen-bond donors (Lipinski definition) is 1. The first kappa shape index (κ1) is 6.97. The summed E-state index contributed by atoms with van der Waals surface area (Å²) in [6.45, 7) is 0. The average Bonchev–Trinajstić information content (AvgIpc) is 2.43. The van der Waals surface area contributed by atoms with Crippen molar-refractivity contribution in [2.45, 2.75) is 0 Å². The predicted octanol–water partition coefficient (Wildman–Crippen LogP) is 1.51. The van der Waals surface area contributed by atoms with Crippen LogP contribution in [-0.2, 0) is 0 Å². The van der Waals surface area contributed by atoms with Crippen LogP contribution in [-0.4, -0.2) is 16.3 Å². The number of rotatable bonds is 1. The number of halogens is 1. The van der Waals surface area contributed by atoms with Gasteiger partial charge in [-0.3, -0.25) is 4.79 Å². The summed E-state index contributed by atoms with van der Waals surface area (Å²) < 4.78 is 12.5. The van der Waals surface area contributed by atoms with E-state index in [1.54, 1.807) is 18.2 Å². The highest BCUT2D eigenvalue weighted by Gasteiger charge is 2.01. The third kappa shape index (κ3) is 0.972. The Morgan fingerprint density at radius 2 is 2.33 bits per heavy atom. The van der Waals surface area contributed by atoms with Gasteiger partial charge in [-0.15, -0.1) is 0 Å². The SMILES string of the molecule is O=Cc1ccc2nc(F)[nH]c2c1. The molecule has 1 N–H and O–H groups in total. The molecular formula is C8H5FN2O. The normalized spacial score (nSPS) is 10.4. The molecule has 4 heteroatoms. The summed E-state index contributed by atoms with van der Waals surface area (Å²) in [5.41, 5.74) is 1.57. The molecule has 1 aromatic heterocycles. The van der Waals surface area contributed by atoms with Crippen LogP contribution in [0.3, 0.4) is 0 Å². The molecule has 0 aliphatic rings. The quantitative estimate of drug-likeness (QED) is 0.649. The molecular weight excluding hydrogens is 159 g/mol. The van der Waals surface area contributed by atoms with E-state index in [0.717, 1.165) is 0 Å². The predicted molar refractivity (Wildman–Crippen MR) is 41.4 cm³/mol. The molecule has 0 bridgehead atoms. The Balaban J connectivity index is 2.74. The van der Waals surface area contributed by atoms with E-state index in [2.05, 4.69) is 9.97 Å². The summed E-state index contributed by atoms with van der Waals surface area (Å²) in [6.07, 6.45) is 0.0751. The van der Waals surface area contributed by atoms with Crippen LogP contribution in [0.4, 0.5) is 4.39 Å². The van der Waals surface area contributed by atoms with Gasteiger partial charge in [0.1, 0.15) is 6.29 Å². The Labute approximate surface area is 67.2 Å². The summed E-state index contributed by atoms with van der Waals surface area (Å²) >= 11 is 0. The molecule has 1 aromatic carbocycles. The van der Waals surface area contributed by atoms with E-state index in [0.29, 0.717) is 22.9 Å². The number of fused-ring (bicyclic) bond motifs is 1. The number of aldehydes is 1. The van der Waals surface area contributed by atoms with Gasteiger partial charge in [-0.2, -0.15) is 4.39 Å². The number of aromatic nitrogens is 2. The second-order valence-electron chi connectivity index (χ2n) is 2.42. The lowest BCUT2D eigenvalue weighted by molar-refractivity contribution is 0.112. The molecule has 0 amide bonds. The Kier molecular flexibility index (Phi) is 1.40. The van der Waals surface area contributed by atoms with Crippen LogP contribution in [0.1, 0.15) is 10.4 Å². The van der Waals surface area contributed by atoms with Crippen molar-refractivity contribution in [1.82, 2.24) is 9.97 Å². The molecule has 2 rings (SSSR count). The number of imidazole rings is 1. The van der Waals surface area contributed by atoms with E-state index in [1.165, 1.54) is 0 Å². The Morgan fingerprint density at radius 1 is 1.50 bits per heavy atom. The van der Waals surface area contributed by atoms with Crippen LogP contribution in [0.5, 0.6) is 0 Å². The largest absolute Gasteiger partial charge is 0.314 e. The number of nitrogens with one attached hydrogen (secondary N) is 1. The maximum Gasteiger partial charge on any atom is 0.287 e. The molecule has 2 aromatic rings. The molecule has 0 atom stereocenters. The number of H-pyrrole nitrogens is 1. The maximum atomic E-state index is 12.5. The van der Waals surface area contributed by atoms with Gasteiger partial charge in [-0.05, 0) is 18.2 Å². The zero-order valence-corrected chi connectivity index (χ0v) is 6.04. The average molecular weight is 164 g/mol. The highest BCUT2D eigenvalue weighted by molar-refractivity contribution is 5.84. The van der Waals surface area contributed by atoms with E-state index in [4.69, 9.17) is 0 Å². The van der Waals surface area contributed by atoms with Gasteiger partial charge in [0, 0.05) is 5.56 Å². The van der Waals surface area contributed by atoms with Gasteiger partial charge in [0.05, 0.1) is 11.0 Å². The molecule has 0 radical (unpaired) electrons. The maximum absolute atomic E-state index is 12.5. The lowest BCUT2D eigenvalue weighted by atomic mass is 10.2. The second kappa shape index (κ2) is 2.41. The van der Waals surface area contributed by atoms with Crippen LogP contribution in [0.2, 0.25) is 0 Å². The molecule has 0 fully saturated rings. The highest BCUT2D eigenvalue weighted by atomic mass is 19.1. The molecule has 0 unspecified atom stereocenters. The van der Waals surface area contributed by atoms with Crippen LogP contribution in [0.25, 0.3) is 11.0 Å².